The van der Waals surface area contributed by atoms with E-state index in [0.29, 0.717) is 5.56 Å². The summed E-state index contributed by atoms with van der Waals surface area (Å²) in [6.45, 7) is 5.50. The van der Waals surface area contributed by atoms with Crippen LogP contribution in [0.15, 0.2) is 30.3 Å². The van der Waals surface area contributed by atoms with Gasteiger partial charge in [-0.05, 0) is 38.8 Å². The molecule has 1 aromatic carbocycles. The molecule has 0 radical (unpaired) electrons. The van der Waals surface area contributed by atoms with Crippen LogP contribution in [0.2, 0.25) is 0 Å². The number of pyridine rings is 1. The van der Waals surface area contributed by atoms with E-state index in [2.05, 4.69) is 24.8 Å². The average molecular weight is 251 g/mol. The topological polar surface area (TPSA) is 39.9 Å². The van der Waals surface area contributed by atoms with Crippen molar-refractivity contribution in [3.8, 4) is 6.07 Å². The molecule has 2 heterocycles. The van der Waals surface area contributed by atoms with Crippen molar-refractivity contribution >= 4 is 16.7 Å². The number of hydrogen-bond acceptors (Lipinski definition) is 3. The second kappa shape index (κ2) is 4.24. The lowest BCUT2D eigenvalue weighted by molar-refractivity contribution is 0.515. The van der Waals surface area contributed by atoms with Gasteiger partial charge in [0.15, 0.2) is 0 Å². The largest absolute Gasteiger partial charge is 0.351 e. The first-order valence-electron chi connectivity index (χ1n) is 6.69. The molecular weight excluding hydrogens is 234 g/mol. The van der Waals surface area contributed by atoms with Crippen molar-refractivity contribution < 1.29 is 0 Å². The molecule has 0 aliphatic carbocycles. The second-order valence-electron chi connectivity index (χ2n) is 5.72. The summed E-state index contributed by atoms with van der Waals surface area (Å²) in [7, 11) is 0. The molecule has 96 valence electrons. The number of hydrogen-bond donors (Lipinski definition) is 0. The lowest BCUT2D eigenvalue weighted by Crippen LogP contribution is -2.38. The maximum Gasteiger partial charge on any atom is 0.131 e. The van der Waals surface area contributed by atoms with Gasteiger partial charge in [-0.25, -0.2) is 4.98 Å². The number of nitriles is 1. The number of aromatic nitrogens is 1. The van der Waals surface area contributed by atoms with E-state index in [1.807, 2.05) is 30.3 Å². The van der Waals surface area contributed by atoms with Crippen LogP contribution in [0.25, 0.3) is 10.9 Å². The molecule has 0 bridgehead atoms. The van der Waals surface area contributed by atoms with Crippen molar-refractivity contribution in [2.45, 2.75) is 32.2 Å². The molecule has 1 aliphatic rings. The third kappa shape index (κ3) is 1.94. The minimum atomic E-state index is 0.127. The predicted octanol–water partition coefficient (Wildman–Crippen LogP) is 3.49. The SMILES string of the molecule is CC1(C)CCCN1c1cc(C#N)c2ccccc2n1. The van der Waals surface area contributed by atoms with Crippen LogP contribution in [0.4, 0.5) is 5.82 Å². The van der Waals surface area contributed by atoms with E-state index in [4.69, 9.17) is 4.98 Å². The molecule has 1 aliphatic heterocycles. The molecule has 0 unspecified atom stereocenters. The smallest absolute Gasteiger partial charge is 0.131 e. The van der Waals surface area contributed by atoms with Gasteiger partial charge in [-0.15, -0.1) is 0 Å². The van der Waals surface area contributed by atoms with Gasteiger partial charge in [-0.2, -0.15) is 5.26 Å². The summed E-state index contributed by atoms with van der Waals surface area (Å²) in [4.78, 5) is 7.06. The molecular formula is C16H17N3. The molecule has 3 nitrogen and oxygen atoms in total. The highest BCUT2D eigenvalue weighted by Gasteiger charge is 2.33. The molecule has 0 N–H and O–H groups in total. The molecule has 1 fully saturated rings. The lowest BCUT2D eigenvalue weighted by Gasteiger charge is -2.33. The first kappa shape index (κ1) is 12.0. The summed E-state index contributed by atoms with van der Waals surface area (Å²) in [5.74, 6) is 0.928. The van der Waals surface area contributed by atoms with Gasteiger partial charge in [-0.1, -0.05) is 18.2 Å². The molecule has 3 rings (SSSR count). The first-order valence-corrected chi connectivity index (χ1v) is 6.69. The summed E-state index contributed by atoms with van der Waals surface area (Å²) in [5, 5.41) is 10.3. The van der Waals surface area contributed by atoms with Crippen LogP contribution in [-0.2, 0) is 0 Å². The molecule has 3 heteroatoms. The Morgan fingerprint density at radius 3 is 2.79 bits per heavy atom. The fourth-order valence-electron chi connectivity index (χ4n) is 2.92. The van der Waals surface area contributed by atoms with Gasteiger partial charge in [0, 0.05) is 17.5 Å². The highest BCUT2D eigenvalue weighted by atomic mass is 15.3. The van der Waals surface area contributed by atoms with Gasteiger partial charge in [0.2, 0.25) is 0 Å². The third-order valence-corrected chi connectivity index (χ3v) is 4.00. The fraction of sp³-hybridized carbons (Fsp3) is 0.375. The fourth-order valence-corrected chi connectivity index (χ4v) is 2.92. The monoisotopic (exact) mass is 251 g/mol. The van der Waals surface area contributed by atoms with Crippen LogP contribution < -0.4 is 4.90 Å². The van der Waals surface area contributed by atoms with Crippen LogP contribution in [0, 0.1) is 11.3 Å². The molecule has 2 aromatic rings. The molecule has 1 saturated heterocycles. The number of nitrogens with zero attached hydrogens (tertiary/aromatic N) is 3. The lowest BCUT2D eigenvalue weighted by atomic mass is 10.0. The summed E-state index contributed by atoms with van der Waals surface area (Å²) in [5.41, 5.74) is 1.74. The Morgan fingerprint density at radius 1 is 1.32 bits per heavy atom. The average Bonchev–Trinajstić information content (AvgIpc) is 2.77. The minimum absolute atomic E-state index is 0.127. The number of fused-ring (bicyclic) bond motifs is 1. The Morgan fingerprint density at radius 2 is 2.11 bits per heavy atom. The van der Waals surface area contributed by atoms with Crippen molar-refractivity contribution in [1.29, 1.82) is 5.26 Å². The number of para-hydroxylation sites is 1. The summed E-state index contributed by atoms with van der Waals surface area (Å²) >= 11 is 0. The van der Waals surface area contributed by atoms with Crippen LogP contribution in [-0.4, -0.2) is 17.1 Å². The standard InChI is InChI=1S/C16H17N3/c1-16(2)8-5-9-19(16)15-10-12(11-17)13-6-3-4-7-14(13)18-15/h3-4,6-7,10H,5,8-9H2,1-2H3. The second-order valence-corrected chi connectivity index (χ2v) is 5.72. The summed E-state index contributed by atoms with van der Waals surface area (Å²) < 4.78 is 0. The number of anilines is 1. The zero-order valence-corrected chi connectivity index (χ0v) is 11.3. The van der Waals surface area contributed by atoms with E-state index in [0.717, 1.165) is 23.3 Å². The highest BCUT2D eigenvalue weighted by Crippen LogP contribution is 2.34. The van der Waals surface area contributed by atoms with Gasteiger partial charge >= 0.3 is 0 Å². The molecule has 1 aromatic heterocycles. The number of benzene rings is 1. The molecule has 0 amide bonds. The van der Waals surface area contributed by atoms with Crippen molar-refractivity contribution in [1.82, 2.24) is 4.98 Å². The van der Waals surface area contributed by atoms with E-state index in [9.17, 15) is 5.26 Å². The molecule has 0 atom stereocenters. The van der Waals surface area contributed by atoms with Crippen molar-refractivity contribution in [3.63, 3.8) is 0 Å². The summed E-state index contributed by atoms with van der Waals surface area (Å²) in [6.07, 6.45) is 2.35. The van der Waals surface area contributed by atoms with E-state index < -0.39 is 0 Å². The van der Waals surface area contributed by atoms with Crippen LogP contribution in [0.5, 0.6) is 0 Å². The van der Waals surface area contributed by atoms with Crippen molar-refractivity contribution in [2.75, 3.05) is 11.4 Å². The molecule has 19 heavy (non-hydrogen) atoms. The van der Waals surface area contributed by atoms with E-state index in [1.54, 1.807) is 0 Å². The Bertz CT molecular complexity index is 667. The van der Waals surface area contributed by atoms with E-state index in [-0.39, 0.29) is 5.54 Å². The Balaban J connectivity index is 2.18. The third-order valence-electron chi connectivity index (χ3n) is 4.00. The van der Waals surface area contributed by atoms with Gasteiger partial charge < -0.3 is 4.90 Å². The normalized spacial score (nSPS) is 17.6. The maximum atomic E-state index is 9.34. The Labute approximate surface area is 113 Å². The molecule has 0 saturated carbocycles. The Kier molecular flexibility index (Phi) is 2.67. The van der Waals surface area contributed by atoms with Crippen LogP contribution in [0.3, 0.4) is 0 Å². The maximum absolute atomic E-state index is 9.34. The van der Waals surface area contributed by atoms with Gasteiger partial charge in [0.25, 0.3) is 0 Å². The highest BCUT2D eigenvalue weighted by molar-refractivity contribution is 5.86. The predicted molar refractivity (Wildman–Crippen MR) is 77.1 cm³/mol. The zero-order chi connectivity index (χ0) is 13.5. The van der Waals surface area contributed by atoms with Crippen LogP contribution >= 0.6 is 0 Å². The van der Waals surface area contributed by atoms with E-state index in [1.165, 1.54) is 12.8 Å². The Hall–Kier alpha value is -2.08. The van der Waals surface area contributed by atoms with Gasteiger partial charge in [0.1, 0.15) is 5.82 Å². The number of rotatable bonds is 1. The van der Waals surface area contributed by atoms with Crippen molar-refractivity contribution in [3.05, 3.63) is 35.9 Å². The minimum Gasteiger partial charge on any atom is -0.351 e. The van der Waals surface area contributed by atoms with E-state index >= 15 is 0 Å². The zero-order valence-electron chi connectivity index (χ0n) is 11.3. The van der Waals surface area contributed by atoms with Gasteiger partial charge in [0.05, 0.1) is 17.1 Å². The van der Waals surface area contributed by atoms with Gasteiger partial charge in [-0.3, -0.25) is 0 Å². The van der Waals surface area contributed by atoms with Crippen molar-refractivity contribution in [2.24, 2.45) is 0 Å². The summed E-state index contributed by atoms with van der Waals surface area (Å²) in [6, 6.07) is 12.1. The van der Waals surface area contributed by atoms with Crippen LogP contribution in [0.1, 0.15) is 32.3 Å². The quantitative estimate of drug-likeness (QED) is 0.779. The molecule has 0 spiro atoms. The first-order chi connectivity index (χ1) is 9.12.